The highest BCUT2D eigenvalue weighted by atomic mass is 19.1. The molecule has 152 valence electrons. The number of nitrogens with zero attached hydrogens (tertiary/aromatic N) is 2. The number of hydrogen-bond acceptors (Lipinski definition) is 5. The van der Waals surface area contributed by atoms with E-state index < -0.39 is 0 Å². The van der Waals surface area contributed by atoms with Crippen molar-refractivity contribution in [3.8, 4) is 0 Å². The van der Waals surface area contributed by atoms with E-state index in [0.29, 0.717) is 28.8 Å². The number of hydroxylamine groups is 1. The number of benzene rings is 2. The van der Waals surface area contributed by atoms with E-state index in [1.165, 1.54) is 6.07 Å². The Bertz CT molecular complexity index is 1030. The van der Waals surface area contributed by atoms with Crippen molar-refractivity contribution in [3.05, 3.63) is 75.8 Å². The summed E-state index contributed by atoms with van der Waals surface area (Å²) in [5.41, 5.74) is 5.32. The van der Waals surface area contributed by atoms with Crippen LogP contribution in [0.25, 0.3) is 10.9 Å². The minimum absolute atomic E-state index is 0.196. The topological polar surface area (TPSA) is 60.6 Å². The molecule has 0 atom stereocenters. The molecule has 6 nitrogen and oxygen atoms in total. The summed E-state index contributed by atoms with van der Waals surface area (Å²) in [5, 5.41) is 0.350. The van der Waals surface area contributed by atoms with Crippen molar-refractivity contribution >= 4 is 16.6 Å². The minimum Gasteiger partial charge on any atom is -0.367 e. The molecule has 0 spiro atoms. The van der Waals surface area contributed by atoms with Crippen LogP contribution >= 0.6 is 0 Å². The van der Waals surface area contributed by atoms with Crippen LogP contribution in [0.2, 0.25) is 0 Å². The molecule has 2 N–H and O–H groups in total. The minimum atomic E-state index is -0.363. The first-order valence-electron chi connectivity index (χ1n) is 9.78. The molecule has 1 aliphatic rings. The second-order valence-corrected chi connectivity index (χ2v) is 7.38. The van der Waals surface area contributed by atoms with Crippen molar-refractivity contribution in [1.82, 2.24) is 15.4 Å². The van der Waals surface area contributed by atoms with E-state index in [9.17, 15) is 9.18 Å². The van der Waals surface area contributed by atoms with Crippen LogP contribution in [0.5, 0.6) is 0 Å². The zero-order valence-corrected chi connectivity index (χ0v) is 16.5. The zero-order chi connectivity index (χ0) is 20.2. The van der Waals surface area contributed by atoms with Gasteiger partial charge in [0.25, 0.3) is 0 Å². The van der Waals surface area contributed by atoms with E-state index >= 15 is 0 Å². The number of H-pyrrole nitrogens is 1. The number of hydrogen-bond donors (Lipinski definition) is 2. The molecule has 1 aromatic heterocycles. The highest BCUT2D eigenvalue weighted by Crippen LogP contribution is 2.24. The van der Waals surface area contributed by atoms with Gasteiger partial charge in [-0.05, 0) is 24.7 Å². The van der Waals surface area contributed by atoms with Crippen LogP contribution in [0.1, 0.15) is 11.1 Å². The van der Waals surface area contributed by atoms with Gasteiger partial charge in [-0.1, -0.05) is 30.3 Å². The van der Waals surface area contributed by atoms with E-state index in [1.807, 2.05) is 35.2 Å². The van der Waals surface area contributed by atoms with Gasteiger partial charge in [0.05, 0.1) is 24.4 Å². The van der Waals surface area contributed by atoms with Crippen LogP contribution in [0.3, 0.4) is 0 Å². The molecule has 1 saturated heterocycles. The van der Waals surface area contributed by atoms with Crippen LogP contribution in [-0.2, 0) is 18.0 Å². The molecule has 3 aromatic rings. The number of halogens is 1. The molecule has 2 aromatic carbocycles. The lowest BCUT2D eigenvalue weighted by molar-refractivity contribution is 0.0233. The number of piperazine rings is 1. The summed E-state index contributed by atoms with van der Waals surface area (Å²) >= 11 is 0. The summed E-state index contributed by atoms with van der Waals surface area (Å²) in [6.45, 7) is 3.95. The average Bonchev–Trinajstić information content (AvgIpc) is 2.74. The van der Waals surface area contributed by atoms with E-state index in [4.69, 9.17) is 4.84 Å². The lowest BCUT2D eigenvalue weighted by Crippen LogP contribution is -2.44. The maximum absolute atomic E-state index is 14.8. The predicted octanol–water partition coefficient (Wildman–Crippen LogP) is 2.64. The molecule has 1 aliphatic heterocycles. The van der Waals surface area contributed by atoms with Crippen molar-refractivity contribution in [2.24, 2.45) is 0 Å². The highest BCUT2D eigenvalue weighted by Gasteiger charge is 2.19. The largest absolute Gasteiger partial charge is 0.367 e. The van der Waals surface area contributed by atoms with Crippen LogP contribution in [-0.4, -0.2) is 43.1 Å². The highest BCUT2D eigenvalue weighted by molar-refractivity contribution is 5.83. The SMILES string of the molecule is CN1CCN(c2cc3[nH]cc(CNOCc4ccccc4)c(=O)c3cc2F)CC1. The Morgan fingerprint density at radius 3 is 2.66 bits per heavy atom. The Hall–Kier alpha value is -2.74. The van der Waals surface area contributed by atoms with E-state index in [1.54, 1.807) is 12.3 Å². The van der Waals surface area contributed by atoms with Gasteiger partial charge in [-0.3, -0.25) is 9.63 Å². The third-order valence-corrected chi connectivity index (χ3v) is 5.32. The van der Waals surface area contributed by atoms with Crippen molar-refractivity contribution in [2.75, 3.05) is 38.1 Å². The number of nitrogens with one attached hydrogen (secondary N) is 2. The van der Waals surface area contributed by atoms with Crippen LogP contribution < -0.4 is 15.8 Å². The maximum Gasteiger partial charge on any atom is 0.194 e. The van der Waals surface area contributed by atoms with Gasteiger partial charge in [-0.25, -0.2) is 4.39 Å². The molecule has 0 radical (unpaired) electrons. The standard InChI is InChI=1S/C22H25FN4O2/c1-26-7-9-27(10-8-26)21-12-20-18(11-19(21)23)22(28)17(13-24-20)14-25-29-15-16-5-3-2-4-6-16/h2-6,11-13,25H,7-10,14-15H2,1H3,(H,24,28). The zero-order valence-electron chi connectivity index (χ0n) is 16.5. The van der Waals surface area contributed by atoms with Gasteiger partial charge in [0.1, 0.15) is 5.82 Å². The summed E-state index contributed by atoms with van der Waals surface area (Å²) in [7, 11) is 2.06. The number of rotatable bonds is 6. The summed E-state index contributed by atoms with van der Waals surface area (Å²) in [6.07, 6.45) is 1.66. The molecule has 29 heavy (non-hydrogen) atoms. The fourth-order valence-corrected chi connectivity index (χ4v) is 3.53. The molecule has 7 heteroatoms. The lowest BCUT2D eigenvalue weighted by atomic mass is 10.1. The van der Waals surface area contributed by atoms with Gasteiger partial charge in [-0.2, -0.15) is 5.48 Å². The molecular formula is C22H25FN4O2. The second kappa shape index (κ2) is 8.73. The third kappa shape index (κ3) is 4.48. The van der Waals surface area contributed by atoms with Gasteiger partial charge in [0.2, 0.25) is 0 Å². The molecule has 4 rings (SSSR count). The summed E-state index contributed by atoms with van der Waals surface area (Å²) < 4.78 is 14.8. The normalized spacial score (nSPS) is 15.2. The monoisotopic (exact) mass is 396 g/mol. The number of likely N-dealkylation sites (N-methyl/N-ethyl adjacent to an activating group) is 1. The maximum atomic E-state index is 14.8. The van der Waals surface area contributed by atoms with Gasteiger partial charge >= 0.3 is 0 Å². The predicted molar refractivity (Wildman–Crippen MR) is 112 cm³/mol. The summed E-state index contributed by atoms with van der Waals surface area (Å²) in [6, 6.07) is 12.8. The summed E-state index contributed by atoms with van der Waals surface area (Å²) in [4.78, 5) is 25.6. The third-order valence-electron chi connectivity index (χ3n) is 5.32. The second-order valence-electron chi connectivity index (χ2n) is 7.38. The number of aromatic nitrogens is 1. The smallest absolute Gasteiger partial charge is 0.194 e. The lowest BCUT2D eigenvalue weighted by Gasteiger charge is -2.34. The van der Waals surface area contributed by atoms with Crippen molar-refractivity contribution in [1.29, 1.82) is 0 Å². The number of fused-ring (bicyclic) bond motifs is 1. The Labute approximate surface area is 168 Å². The fraction of sp³-hybridized carbons (Fsp3) is 0.318. The number of pyridine rings is 1. The molecule has 0 saturated carbocycles. The molecule has 0 unspecified atom stereocenters. The van der Waals surface area contributed by atoms with E-state index in [-0.39, 0.29) is 17.8 Å². The summed E-state index contributed by atoms with van der Waals surface area (Å²) in [5.74, 6) is -0.363. The van der Waals surface area contributed by atoms with Gasteiger partial charge in [0, 0.05) is 43.3 Å². The van der Waals surface area contributed by atoms with Crippen molar-refractivity contribution in [2.45, 2.75) is 13.2 Å². The Morgan fingerprint density at radius 2 is 1.90 bits per heavy atom. The molecule has 0 bridgehead atoms. The Balaban J connectivity index is 1.47. The Kier molecular flexibility index (Phi) is 5.89. The van der Waals surface area contributed by atoms with Gasteiger partial charge < -0.3 is 14.8 Å². The van der Waals surface area contributed by atoms with Crippen molar-refractivity contribution < 1.29 is 9.23 Å². The first kappa shape index (κ1) is 19.6. The fourth-order valence-electron chi connectivity index (χ4n) is 3.53. The van der Waals surface area contributed by atoms with E-state index in [0.717, 1.165) is 31.7 Å². The van der Waals surface area contributed by atoms with E-state index in [2.05, 4.69) is 22.4 Å². The molecule has 0 aliphatic carbocycles. The molecular weight excluding hydrogens is 371 g/mol. The number of anilines is 1. The Morgan fingerprint density at radius 1 is 1.14 bits per heavy atom. The average molecular weight is 396 g/mol. The number of aromatic amines is 1. The van der Waals surface area contributed by atoms with Crippen LogP contribution in [0, 0.1) is 5.82 Å². The van der Waals surface area contributed by atoms with Gasteiger partial charge in [0.15, 0.2) is 5.43 Å². The van der Waals surface area contributed by atoms with Crippen molar-refractivity contribution in [3.63, 3.8) is 0 Å². The van der Waals surface area contributed by atoms with Gasteiger partial charge in [-0.15, -0.1) is 0 Å². The molecule has 1 fully saturated rings. The first-order chi connectivity index (χ1) is 14.1. The van der Waals surface area contributed by atoms with Crippen LogP contribution in [0.4, 0.5) is 10.1 Å². The molecule has 2 heterocycles. The first-order valence-corrected chi connectivity index (χ1v) is 9.78. The quantitative estimate of drug-likeness (QED) is 0.496. The molecule has 0 amide bonds. The van der Waals surface area contributed by atoms with Crippen LogP contribution in [0.15, 0.2) is 53.5 Å².